The van der Waals surface area contributed by atoms with E-state index in [9.17, 15) is 0 Å². The molecule has 1 aromatic carbocycles. The van der Waals surface area contributed by atoms with Crippen LogP contribution in [0.25, 0.3) is 0 Å². The second-order valence-corrected chi connectivity index (χ2v) is 4.85. The summed E-state index contributed by atoms with van der Waals surface area (Å²) in [5.74, 6) is 1.72. The van der Waals surface area contributed by atoms with Gasteiger partial charge in [0.1, 0.15) is 0 Å². The van der Waals surface area contributed by atoms with E-state index in [1.807, 2.05) is 6.07 Å². The highest BCUT2D eigenvalue weighted by atomic mass is 16.7. The van der Waals surface area contributed by atoms with Crippen molar-refractivity contribution >= 4 is 0 Å². The lowest BCUT2D eigenvalue weighted by molar-refractivity contribution is 0.172. The van der Waals surface area contributed by atoms with Crippen LogP contribution in [0.5, 0.6) is 11.5 Å². The molecule has 0 saturated heterocycles. The van der Waals surface area contributed by atoms with Gasteiger partial charge in [-0.3, -0.25) is 0 Å². The summed E-state index contributed by atoms with van der Waals surface area (Å²) in [6, 6.07) is 4.05. The molecule has 1 aromatic rings. The molecule has 0 atom stereocenters. The van der Waals surface area contributed by atoms with Gasteiger partial charge >= 0.3 is 0 Å². The number of hydrogen-bond acceptors (Lipinski definition) is 3. The highest BCUT2D eigenvalue weighted by molar-refractivity contribution is 5.55. The van der Waals surface area contributed by atoms with E-state index in [1.54, 1.807) is 0 Å². The molecule has 86 valence electrons. The fourth-order valence-corrected chi connectivity index (χ4v) is 2.95. The van der Waals surface area contributed by atoms with Crippen LogP contribution in [0, 0.1) is 6.92 Å². The molecule has 0 unspecified atom stereocenters. The Kier molecular flexibility index (Phi) is 2.11. The average Bonchev–Trinajstić information content (AvgIpc) is 2.86. The van der Waals surface area contributed by atoms with Gasteiger partial charge in [-0.25, -0.2) is 0 Å². The third-order valence-electron chi connectivity index (χ3n) is 3.74. The van der Waals surface area contributed by atoms with Crippen molar-refractivity contribution in [1.29, 1.82) is 0 Å². The normalized spacial score (nSPS) is 21.4. The zero-order chi connectivity index (χ0) is 11.2. The topological polar surface area (TPSA) is 44.5 Å². The number of rotatable bonds is 1. The van der Waals surface area contributed by atoms with E-state index in [4.69, 9.17) is 15.2 Å². The summed E-state index contributed by atoms with van der Waals surface area (Å²) in [5, 5.41) is 0. The SMILES string of the molecule is Cc1ccc2c(c1C1(N)CCCC1)OCO2. The van der Waals surface area contributed by atoms with Crippen molar-refractivity contribution in [3.63, 3.8) is 0 Å². The summed E-state index contributed by atoms with van der Waals surface area (Å²) in [7, 11) is 0. The summed E-state index contributed by atoms with van der Waals surface area (Å²) in [5.41, 5.74) is 8.70. The van der Waals surface area contributed by atoms with Crippen molar-refractivity contribution in [2.75, 3.05) is 6.79 Å². The molecule has 0 spiro atoms. The van der Waals surface area contributed by atoms with Crippen molar-refractivity contribution in [1.82, 2.24) is 0 Å². The maximum atomic E-state index is 6.52. The fraction of sp³-hybridized carbons (Fsp3) is 0.538. The van der Waals surface area contributed by atoms with Crippen LogP contribution >= 0.6 is 0 Å². The number of nitrogens with two attached hydrogens (primary N) is 1. The van der Waals surface area contributed by atoms with E-state index in [-0.39, 0.29) is 5.54 Å². The number of ether oxygens (including phenoxy) is 2. The number of aryl methyl sites for hydroxylation is 1. The second kappa shape index (κ2) is 3.39. The van der Waals surface area contributed by atoms with Gasteiger partial charge in [-0.05, 0) is 31.4 Å². The summed E-state index contributed by atoms with van der Waals surface area (Å²) in [4.78, 5) is 0. The van der Waals surface area contributed by atoms with Gasteiger partial charge in [0.15, 0.2) is 11.5 Å². The van der Waals surface area contributed by atoms with E-state index in [2.05, 4.69) is 13.0 Å². The van der Waals surface area contributed by atoms with Crippen LogP contribution in [0.15, 0.2) is 12.1 Å². The zero-order valence-corrected chi connectivity index (χ0v) is 9.58. The maximum absolute atomic E-state index is 6.52. The summed E-state index contributed by atoms with van der Waals surface area (Å²) in [6.45, 7) is 2.42. The quantitative estimate of drug-likeness (QED) is 0.789. The summed E-state index contributed by atoms with van der Waals surface area (Å²) >= 11 is 0. The van der Waals surface area contributed by atoms with E-state index in [0.717, 1.165) is 24.3 Å². The lowest BCUT2D eigenvalue weighted by atomic mass is 9.85. The minimum atomic E-state index is -0.205. The predicted octanol–water partition coefficient (Wildman–Crippen LogP) is 2.45. The molecule has 0 bridgehead atoms. The first-order chi connectivity index (χ1) is 7.71. The van der Waals surface area contributed by atoms with Gasteiger partial charge in [-0.1, -0.05) is 18.9 Å². The smallest absolute Gasteiger partial charge is 0.231 e. The minimum Gasteiger partial charge on any atom is -0.454 e. The lowest BCUT2D eigenvalue weighted by Gasteiger charge is -2.27. The fourth-order valence-electron chi connectivity index (χ4n) is 2.95. The van der Waals surface area contributed by atoms with Crippen molar-refractivity contribution in [3.05, 3.63) is 23.3 Å². The number of fused-ring (bicyclic) bond motifs is 1. The van der Waals surface area contributed by atoms with Gasteiger partial charge in [-0.2, -0.15) is 0 Å². The molecule has 1 aliphatic carbocycles. The van der Waals surface area contributed by atoms with Crippen LogP contribution in [0.1, 0.15) is 36.8 Å². The van der Waals surface area contributed by atoms with E-state index in [1.165, 1.54) is 24.0 Å². The van der Waals surface area contributed by atoms with Crippen LogP contribution in [-0.4, -0.2) is 6.79 Å². The van der Waals surface area contributed by atoms with Crippen molar-refractivity contribution in [3.8, 4) is 11.5 Å². The molecule has 0 radical (unpaired) electrons. The molecule has 1 heterocycles. The van der Waals surface area contributed by atoms with Gasteiger partial charge in [0.2, 0.25) is 6.79 Å². The van der Waals surface area contributed by atoms with Gasteiger partial charge in [0.05, 0.1) is 0 Å². The first-order valence-corrected chi connectivity index (χ1v) is 5.89. The molecule has 2 N–H and O–H groups in total. The summed E-state index contributed by atoms with van der Waals surface area (Å²) in [6.07, 6.45) is 4.52. The Labute approximate surface area is 95.5 Å². The van der Waals surface area contributed by atoms with Crippen LogP contribution in [0.3, 0.4) is 0 Å². The number of hydrogen-bond donors (Lipinski definition) is 1. The molecule has 3 rings (SSSR count). The monoisotopic (exact) mass is 219 g/mol. The Bertz CT molecular complexity index is 422. The Hall–Kier alpha value is -1.22. The molecular formula is C13H17NO2. The van der Waals surface area contributed by atoms with Crippen molar-refractivity contribution in [2.45, 2.75) is 38.1 Å². The Balaban J connectivity index is 2.15. The second-order valence-electron chi connectivity index (χ2n) is 4.85. The lowest BCUT2D eigenvalue weighted by Crippen LogP contribution is -2.34. The van der Waals surface area contributed by atoms with Crippen LogP contribution in [-0.2, 0) is 5.54 Å². The molecular weight excluding hydrogens is 202 g/mol. The largest absolute Gasteiger partial charge is 0.454 e. The minimum absolute atomic E-state index is 0.205. The molecule has 2 aliphatic rings. The van der Waals surface area contributed by atoms with Gasteiger partial charge in [0.25, 0.3) is 0 Å². The average molecular weight is 219 g/mol. The standard InChI is InChI=1S/C13H17NO2/c1-9-4-5-10-12(16-8-15-10)11(9)13(14)6-2-3-7-13/h4-5H,2-3,6-8,14H2,1H3. The van der Waals surface area contributed by atoms with E-state index >= 15 is 0 Å². The zero-order valence-electron chi connectivity index (χ0n) is 9.58. The molecule has 1 saturated carbocycles. The van der Waals surface area contributed by atoms with E-state index < -0.39 is 0 Å². The summed E-state index contributed by atoms with van der Waals surface area (Å²) < 4.78 is 11.0. The Morgan fingerprint density at radius 2 is 1.94 bits per heavy atom. The van der Waals surface area contributed by atoms with E-state index in [0.29, 0.717) is 6.79 Å². The molecule has 3 heteroatoms. The highest BCUT2D eigenvalue weighted by Gasteiger charge is 2.37. The molecule has 0 aromatic heterocycles. The van der Waals surface area contributed by atoms with Crippen LogP contribution < -0.4 is 15.2 Å². The third kappa shape index (κ3) is 1.31. The predicted molar refractivity (Wildman–Crippen MR) is 61.6 cm³/mol. The Morgan fingerprint density at radius 3 is 2.69 bits per heavy atom. The van der Waals surface area contributed by atoms with Gasteiger partial charge in [0, 0.05) is 11.1 Å². The van der Waals surface area contributed by atoms with Crippen molar-refractivity contribution in [2.24, 2.45) is 5.73 Å². The Morgan fingerprint density at radius 1 is 1.19 bits per heavy atom. The van der Waals surface area contributed by atoms with Gasteiger partial charge in [-0.15, -0.1) is 0 Å². The van der Waals surface area contributed by atoms with Crippen LogP contribution in [0.4, 0.5) is 0 Å². The number of benzene rings is 1. The first kappa shape index (κ1) is 9.97. The highest BCUT2D eigenvalue weighted by Crippen LogP contribution is 2.47. The van der Waals surface area contributed by atoms with Crippen molar-refractivity contribution < 1.29 is 9.47 Å². The third-order valence-corrected chi connectivity index (χ3v) is 3.74. The van der Waals surface area contributed by atoms with Gasteiger partial charge < -0.3 is 15.2 Å². The molecule has 16 heavy (non-hydrogen) atoms. The first-order valence-electron chi connectivity index (χ1n) is 5.89. The molecule has 3 nitrogen and oxygen atoms in total. The molecule has 1 fully saturated rings. The molecule has 1 aliphatic heterocycles. The maximum Gasteiger partial charge on any atom is 0.231 e. The van der Waals surface area contributed by atoms with Crippen LogP contribution in [0.2, 0.25) is 0 Å². The molecule has 0 amide bonds.